The third-order valence-corrected chi connectivity index (χ3v) is 5.16. The van der Waals surface area contributed by atoms with E-state index in [9.17, 15) is 8.78 Å². The minimum Gasteiger partial charge on any atom is -0.508 e. The lowest BCUT2D eigenvalue weighted by molar-refractivity contribution is 0.425. The maximum Gasteiger partial charge on any atom is 0.488 e. The number of phenols is 1. The summed E-state index contributed by atoms with van der Waals surface area (Å²) in [5.74, 6) is 0.343. The lowest BCUT2D eigenvalue weighted by Crippen LogP contribution is -2.29. The number of benzene rings is 4. The number of aromatic hydroxyl groups is 1. The van der Waals surface area contributed by atoms with Crippen molar-refractivity contribution in [1.29, 1.82) is 0 Å². The van der Waals surface area contributed by atoms with Gasteiger partial charge in [-0.3, -0.25) is 0 Å². The fourth-order valence-corrected chi connectivity index (χ4v) is 2.77. The van der Waals surface area contributed by atoms with Crippen molar-refractivity contribution in [2.75, 3.05) is 0 Å². The molecule has 0 atom stereocenters. The van der Waals surface area contributed by atoms with Crippen molar-refractivity contribution in [1.82, 2.24) is 0 Å². The van der Waals surface area contributed by atoms with Gasteiger partial charge in [0.2, 0.25) is 0 Å². The van der Waals surface area contributed by atoms with Crippen LogP contribution in [0.4, 0.5) is 8.78 Å². The molecule has 4 rings (SSSR count). The average Bonchev–Trinajstić information content (AvgIpc) is 2.81. The Kier molecular flexibility index (Phi) is 11.1. The smallest absolute Gasteiger partial charge is 0.488 e. The summed E-state index contributed by atoms with van der Waals surface area (Å²) in [6.07, 6.45) is 0. The molecule has 0 saturated carbocycles. The number of hydrogen-bond acceptors (Lipinski definition) is 4. The van der Waals surface area contributed by atoms with E-state index in [0.717, 1.165) is 6.07 Å². The van der Waals surface area contributed by atoms with Crippen LogP contribution in [-0.2, 0) is 0 Å². The van der Waals surface area contributed by atoms with Crippen LogP contribution in [0.2, 0.25) is 0 Å². The molecule has 170 valence electrons. The largest absolute Gasteiger partial charge is 0.508 e. The molecule has 0 radical (unpaired) electrons. The van der Waals surface area contributed by atoms with Gasteiger partial charge in [0.1, 0.15) is 28.9 Å². The summed E-state index contributed by atoms with van der Waals surface area (Å²) in [7, 11) is -1.34. The number of phenolic OH excluding ortho intramolecular Hbond substituents is 1. The molecule has 4 aromatic rings. The molecule has 0 unspecified atom stereocenters. The van der Waals surface area contributed by atoms with E-state index in [-0.39, 0.29) is 11.6 Å². The van der Waals surface area contributed by atoms with Gasteiger partial charge in [0.05, 0.1) is 8.95 Å². The summed E-state index contributed by atoms with van der Waals surface area (Å²) >= 11 is 6.03. The van der Waals surface area contributed by atoms with Crippen LogP contribution >= 0.6 is 31.9 Å². The van der Waals surface area contributed by atoms with Gasteiger partial charge in [0.25, 0.3) is 0 Å². The summed E-state index contributed by atoms with van der Waals surface area (Å²) in [6.45, 7) is 0. The molecule has 0 saturated heterocycles. The van der Waals surface area contributed by atoms with Crippen LogP contribution in [0, 0.1) is 11.6 Å². The molecule has 3 N–H and O–H groups in total. The third kappa shape index (κ3) is 9.75. The fraction of sp³-hybridized carbons (Fsp3) is 0. The standard InChI is InChI=1S/C12H8BrFO.C6H7BO2.C6H4BrFO/c13-11-7-6-10(8-12(11)14)15-9-4-2-1-3-5-9;8-7(9)6-4-2-1-3-5-6;7-5-2-1-4(9)3-6(5)8/h1-8H;1-5,8-9H;1-3,9H. The Hall–Kier alpha value is -2.72. The molecule has 4 nitrogen and oxygen atoms in total. The molecule has 0 spiro atoms. The fourth-order valence-electron chi connectivity index (χ4n) is 2.28. The summed E-state index contributed by atoms with van der Waals surface area (Å²) < 4.78 is 31.8. The molecule has 4 aromatic carbocycles. The highest BCUT2D eigenvalue weighted by Crippen LogP contribution is 2.25. The van der Waals surface area contributed by atoms with E-state index in [1.807, 2.05) is 36.4 Å². The van der Waals surface area contributed by atoms with Gasteiger partial charge in [-0.2, -0.15) is 0 Å². The summed E-state index contributed by atoms with van der Waals surface area (Å²) in [5, 5.41) is 25.8. The summed E-state index contributed by atoms with van der Waals surface area (Å²) in [4.78, 5) is 0. The van der Waals surface area contributed by atoms with Crippen LogP contribution in [0.15, 0.2) is 106 Å². The first kappa shape index (κ1) is 26.5. The second kappa shape index (κ2) is 13.7. The van der Waals surface area contributed by atoms with Crippen LogP contribution in [0.25, 0.3) is 0 Å². The molecule has 0 amide bonds. The minimum atomic E-state index is -1.34. The number of rotatable bonds is 3. The lowest BCUT2D eigenvalue weighted by atomic mass is 9.81. The Morgan fingerprint density at radius 1 is 0.636 bits per heavy atom. The van der Waals surface area contributed by atoms with E-state index < -0.39 is 12.9 Å². The molecule has 0 aliphatic rings. The SMILES string of the molecule is Fc1cc(Oc2ccccc2)ccc1Br.OB(O)c1ccccc1.Oc1ccc(Br)c(F)c1. The second-order valence-electron chi connectivity index (χ2n) is 6.37. The highest BCUT2D eigenvalue weighted by Gasteiger charge is 2.07. The maximum atomic E-state index is 13.2. The predicted octanol–water partition coefficient (Wildman–Crippen LogP) is 6.04. The zero-order valence-electron chi connectivity index (χ0n) is 17.1. The zero-order valence-corrected chi connectivity index (χ0v) is 20.2. The average molecular weight is 580 g/mol. The Bertz CT molecular complexity index is 1130. The number of halogens is 4. The Morgan fingerprint density at radius 3 is 1.61 bits per heavy atom. The first-order valence-corrected chi connectivity index (χ1v) is 11.1. The lowest BCUT2D eigenvalue weighted by Gasteiger charge is -2.05. The first-order valence-electron chi connectivity index (χ1n) is 9.49. The van der Waals surface area contributed by atoms with Gasteiger partial charge in [0, 0.05) is 12.1 Å². The van der Waals surface area contributed by atoms with Crippen LogP contribution in [-0.4, -0.2) is 22.3 Å². The number of para-hydroxylation sites is 1. The van der Waals surface area contributed by atoms with Crippen LogP contribution < -0.4 is 10.2 Å². The van der Waals surface area contributed by atoms with Crippen LogP contribution in [0.1, 0.15) is 0 Å². The van der Waals surface area contributed by atoms with Gasteiger partial charge in [-0.1, -0.05) is 48.5 Å². The monoisotopic (exact) mass is 578 g/mol. The van der Waals surface area contributed by atoms with Gasteiger partial charge in [-0.25, -0.2) is 8.78 Å². The molecule has 0 heterocycles. The van der Waals surface area contributed by atoms with Crippen LogP contribution in [0.5, 0.6) is 17.2 Å². The quantitative estimate of drug-likeness (QED) is 0.259. The topological polar surface area (TPSA) is 69.9 Å². The van der Waals surface area contributed by atoms with E-state index >= 15 is 0 Å². The highest BCUT2D eigenvalue weighted by atomic mass is 79.9. The summed E-state index contributed by atoms with van der Waals surface area (Å²) in [6, 6.07) is 26.5. The predicted molar refractivity (Wildman–Crippen MR) is 133 cm³/mol. The number of hydrogen-bond donors (Lipinski definition) is 3. The van der Waals surface area contributed by atoms with Gasteiger partial charge in [-0.05, 0) is 73.7 Å². The van der Waals surface area contributed by atoms with Crippen molar-refractivity contribution >= 4 is 44.4 Å². The third-order valence-electron chi connectivity index (χ3n) is 3.87. The van der Waals surface area contributed by atoms with Crippen molar-refractivity contribution in [2.24, 2.45) is 0 Å². The maximum absolute atomic E-state index is 13.2. The molecule has 0 fully saturated rings. The normalized spacial score (nSPS) is 9.64. The molecule has 0 aromatic heterocycles. The van der Waals surface area contributed by atoms with E-state index in [0.29, 0.717) is 25.9 Å². The van der Waals surface area contributed by atoms with Crippen LogP contribution in [0.3, 0.4) is 0 Å². The van der Waals surface area contributed by atoms with E-state index in [1.165, 1.54) is 18.2 Å². The molecule has 0 bridgehead atoms. The van der Waals surface area contributed by atoms with E-state index in [1.54, 1.807) is 36.4 Å². The summed E-state index contributed by atoms with van der Waals surface area (Å²) in [5.41, 5.74) is 0.525. The Morgan fingerprint density at radius 2 is 1.15 bits per heavy atom. The number of ether oxygens (including phenoxy) is 1. The zero-order chi connectivity index (χ0) is 24.2. The van der Waals surface area contributed by atoms with Crippen molar-refractivity contribution in [3.05, 3.63) is 118 Å². The van der Waals surface area contributed by atoms with Crippen molar-refractivity contribution in [3.8, 4) is 17.2 Å². The molecule has 33 heavy (non-hydrogen) atoms. The van der Waals surface area contributed by atoms with Gasteiger partial charge < -0.3 is 19.9 Å². The molecular weight excluding hydrogens is 561 g/mol. The van der Waals surface area contributed by atoms with E-state index in [2.05, 4.69) is 31.9 Å². The van der Waals surface area contributed by atoms with Gasteiger partial charge in [-0.15, -0.1) is 0 Å². The van der Waals surface area contributed by atoms with Crippen molar-refractivity contribution in [3.63, 3.8) is 0 Å². The Balaban J connectivity index is 0.000000186. The van der Waals surface area contributed by atoms with Gasteiger partial charge in [0.15, 0.2) is 0 Å². The highest BCUT2D eigenvalue weighted by molar-refractivity contribution is 9.10. The van der Waals surface area contributed by atoms with Crippen molar-refractivity contribution in [2.45, 2.75) is 0 Å². The Labute approximate surface area is 207 Å². The van der Waals surface area contributed by atoms with E-state index in [4.69, 9.17) is 19.9 Å². The molecule has 9 heteroatoms. The molecular formula is C24H19BBr2F2O4. The van der Waals surface area contributed by atoms with Crippen molar-refractivity contribution < 1.29 is 28.7 Å². The molecule has 0 aliphatic carbocycles. The minimum absolute atomic E-state index is 0.0595. The molecule has 0 aliphatic heterocycles. The second-order valence-corrected chi connectivity index (χ2v) is 8.08. The van der Waals surface area contributed by atoms with Gasteiger partial charge >= 0.3 is 7.12 Å². The first-order chi connectivity index (χ1) is 15.8.